The van der Waals surface area contributed by atoms with Crippen molar-refractivity contribution in [3.8, 4) is 6.07 Å². The fourth-order valence-electron chi connectivity index (χ4n) is 2.66. The predicted molar refractivity (Wildman–Crippen MR) is 80.8 cm³/mol. The Labute approximate surface area is 121 Å². The van der Waals surface area contributed by atoms with E-state index in [4.69, 9.17) is 4.74 Å². The highest BCUT2D eigenvalue weighted by Crippen LogP contribution is 2.25. The maximum absolute atomic E-state index is 9.38. The molecule has 0 atom stereocenters. The number of hydrogen-bond acceptors (Lipinski definition) is 4. The second kappa shape index (κ2) is 7.28. The van der Waals surface area contributed by atoms with Crippen LogP contribution < -0.4 is 10.2 Å². The summed E-state index contributed by atoms with van der Waals surface area (Å²) in [6, 6.07) is 8.53. The van der Waals surface area contributed by atoms with E-state index in [1.165, 1.54) is 5.56 Å². The van der Waals surface area contributed by atoms with Gasteiger partial charge in [0.05, 0.1) is 17.4 Å². The van der Waals surface area contributed by atoms with Crippen LogP contribution in [0.25, 0.3) is 0 Å². The third-order valence-electron chi connectivity index (χ3n) is 3.88. The Kier molecular flexibility index (Phi) is 5.40. The van der Waals surface area contributed by atoms with Gasteiger partial charge in [0.15, 0.2) is 0 Å². The molecule has 1 aliphatic rings. The maximum atomic E-state index is 9.38. The summed E-state index contributed by atoms with van der Waals surface area (Å²) in [6.07, 6.45) is 2.42. The smallest absolute Gasteiger partial charge is 0.101 e. The van der Waals surface area contributed by atoms with E-state index in [0.717, 1.165) is 50.3 Å². The fraction of sp³-hybridized carbons (Fsp3) is 0.562. The lowest BCUT2D eigenvalue weighted by molar-refractivity contribution is 0.0819. The van der Waals surface area contributed by atoms with Gasteiger partial charge in [0.2, 0.25) is 0 Å². The van der Waals surface area contributed by atoms with E-state index in [-0.39, 0.29) is 0 Å². The summed E-state index contributed by atoms with van der Waals surface area (Å²) in [5, 5.41) is 12.7. The van der Waals surface area contributed by atoms with Gasteiger partial charge in [-0.05, 0) is 37.1 Å². The Hall–Kier alpha value is -1.57. The average Bonchev–Trinajstić information content (AvgIpc) is 2.52. The molecule has 1 fully saturated rings. The van der Waals surface area contributed by atoms with Gasteiger partial charge in [-0.2, -0.15) is 5.26 Å². The molecule has 20 heavy (non-hydrogen) atoms. The summed E-state index contributed by atoms with van der Waals surface area (Å²) in [6.45, 7) is 5.75. The number of benzene rings is 1. The quantitative estimate of drug-likeness (QED) is 0.894. The highest BCUT2D eigenvalue weighted by molar-refractivity contribution is 5.60. The molecule has 0 spiro atoms. The van der Waals surface area contributed by atoms with Gasteiger partial charge in [0, 0.05) is 26.7 Å². The van der Waals surface area contributed by atoms with Crippen LogP contribution in [0.1, 0.15) is 30.9 Å². The molecule has 1 saturated heterocycles. The number of anilines is 1. The molecule has 0 aliphatic carbocycles. The van der Waals surface area contributed by atoms with E-state index < -0.39 is 0 Å². The SMILES string of the molecule is CCNCc1ccc(N2CCC(OC)CC2)c(C#N)c1. The lowest BCUT2D eigenvalue weighted by Gasteiger charge is -2.33. The molecule has 1 aromatic rings. The zero-order chi connectivity index (χ0) is 14.4. The Balaban J connectivity index is 2.10. The monoisotopic (exact) mass is 273 g/mol. The molecule has 0 bridgehead atoms. The van der Waals surface area contributed by atoms with Gasteiger partial charge in [0.25, 0.3) is 0 Å². The summed E-state index contributed by atoms with van der Waals surface area (Å²) in [4.78, 5) is 2.30. The Morgan fingerprint density at radius 3 is 2.75 bits per heavy atom. The van der Waals surface area contributed by atoms with Crippen LogP contribution in [0.15, 0.2) is 18.2 Å². The zero-order valence-corrected chi connectivity index (χ0v) is 12.4. The van der Waals surface area contributed by atoms with E-state index in [1.807, 2.05) is 6.07 Å². The molecule has 0 amide bonds. The first kappa shape index (κ1) is 14.8. The molecule has 1 aliphatic heterocycles. The van der Waals surface area contributed by atoms with Gasteiger partial charge in [-0.3, -0.25) is 0 Å². The van der Waals surface area contributed by atoms with Crippen LogP contribution in [0.4, 0.5) is 5.69 Å². The highest BCUT2D eigenvalue weighted by Gasteiger charge is 2.20. The van der Waals surface area contributed by atoms with Crippen LogP contribution in [0.5, 0.6) is 0 Å². The van der Waals surface area contributed by atoms with Gasteiger partial charge in [-0.1, -0.05) is 13.0 Å². The van der Waals surface area contributed by atoms with Gasteiger partial charge < -0.3 is 15.0 Å². The largest absolute Gasteiger partial charge is 0.381 e. The molecule has 1 aromatic carbocycles. The van der Waals surface area contributed by atoms with Crippen LogP contribution in [-0.2, 0) is 11.3 Å². The third-order valence-corrected chi connectivity index (χ3v) is 3.88. The van der Waals surface area contributed by atoms with E-state index in [0.29, 0.717) is 6.10 Å². The number of ether oxygens (including phenoxy) is 1. The minimum Gasteiger partial charge on any atom is -0.381 e. The molecule has 108 valence electrons. The molecule has 0 saturated carbocycles. The topological polar surface area (TPSA) is 48.3 Å². The van der Waals surface area contributed by atoms with Crippen molar-refractivity contribution < 1.29 is 4.74 Å². The van der Waals surface area contributed by atoms with Crippen molar-refractivity contribution >= 4 is 5.69 Å². The number of hydrogen-bond donors (Lipinski definition) is 1. The Bertz CT molecular complexity index is 473. The first-order valence-electron chi connectivity index (χ1n) is 7.30. The summed E-state index contributed by atoms with van der Waals surface area (Å²) in [5.74, 6) is 0. The van der Waals surface area contributed by atoms with Gasteiger partial charge in [0.1, 0.15) is 6.07 Å². The van der Waals surface area contributed by atoms with Crippen molar-refractivity contribution in [3.63, 3.8) is 0 Å². The molecule has 0 unspecified atom stereocenters. The van der Waals surface area contributed by atoms with E-state index in [2.05, 4.69) is 35.3 Å². The number of nitrogens with zero attached hydrogens (tertiary/aromatic N) is 2. The standard InChI is InChI=1S/C16H23N3O/c1-3-18-12-13-4-5-16(14(10-13)11-17)19-8-6-15(20-2)7-9-19/h4-5,10,15,18H,3,6-9,12H2,1-2H3. The molecule has 4 nitrogen and oxygen atoms in total. The van der Waals surface area contributed by atoms with E-state index in [9.17, 15) is 5.26 Å². The number of rotatable bonds is 5. The molecular weight excluding hydrogens is 250 g/mol. The van der Waals surface area contributed by atoms with Crippen molar-refractivity contribution in [2.24, 2.45) is 0 Å². The molecular formula is C16H23N3O. The van der Waals surface area contributed by atoms with Gasteiger partial charge in [-0.25, -0.2) is 0 Å². The van der Waals surface area contributed by atoms with Crippen molar-refractivity contribution in [3.05, 3.63) is 29.3 Å². The van der Waals surface area contributed by atoms with Crippen LogP contribution >= 0.6 is 0 Å². The molecule has 4 heteroatoms. The minimum absolute atomic E-state index is 0.366. The molecule has 0 radical (unpaired) electrons. The van der Waals surface area contributed by atoms with Crippen molar-refractivity contribution in [2.75, 3.05) is 31.6 Å². The fourth-order valence-corrected chi connectivity index (χ4v) is 2.66. The summed E-state index contributed by atoms with van der Waals surface area (Å²) in [5.41, 5.74) is 3.00. The van der Waals surface area contributed by atoms with Crippen LogP contribution in [0.2, 0.25) is 0 Å². The molecule has 1 heterocycles. The van der Waals surface area contributed by atoms with Crippen molar-refractivity contribution in [2.45, 2.75) is 32.4 Å². The van der Waals surface area contributed by atoms with E-state index >= 15 is 0 Å². The molecule has 0 aromatic heterocycles. The Morgan fingerprint density at radius 1 is 1.40 bits per heavy atom. The second-order valence-corrected chi connectivity index (χ2v) is 5.17. The highest BCUT2D eigenvalue weighted by atomic mass is 16.5. The van der Waals surface area contributed by atoms with Crippen molar-refractivity contribution in [1.82, 2.24) is 5.32 Å². The maximum Gasteiger partial charge on any atom is 0.101 e. The second-order valence-electron chi connectivity index (χ2n) is 5.17. The first-order chi connectivity index (χ1) is 9.78. The molecule has 2 rings (SSSR count). The summed E-state index contributed by atoms with van der Waals surface area (Å²) in [7, 11) is 1.77. The average molecular weight is 273 g/mol. The predicted octanol–water partition coefficient (Wildman–Crippen LogP) is 2.28. The van der Waals surface area contributed by atoms with Crippen LogP contribution in [-0.4, -0.2) is 32.8 Å². The van der Waals surface area contributed by atoms with E-state index in [1.54, 1.807) is 7.11 Å². The number of piperidine rings is 1. The lowest BCUT2D eigenvalue weighted by atomic mass is 10.0. The van der Waals surface area contributed by atoms with Crippen molar-refractivity contribution in [1.29, 1.82) is 5.26 Å². The van der Waals surface area contributed by atoms with Gasteiger partial charge in [-0.15, -0.1) is 0 Å². The summed E-state index contributed by atoms with van der Waals surface area (Å²) < 4.78 is 5.40. The normalized spacial score (nSPS) is 16.1. The third kappa shape index (κ3) is 3.50. The Morgan fingerprint density at radius 2 is 2.15 bits per heavy atom. The zero-order valence-electron chi connectivity index (χ0n) is 12.4. The molecule has 1 N–H and O–H groups in total. The lowest BCUT2D eigenvalue weighted by Crippen LogP contribution is -2.37. The summed E-state index contributed by atoms with van der Waals surface area (Å²) >= 11 is 0. The number of nitrogens with one attached hydrogen (secondary N) is 1. The van der Waals surface area contributed by atoms with Gasteiger partial charge >= 0.3 is 0 Å². The number of nitriles is 1. The van der Waals surface area contributed by atoms with Crippen LogP contribution in [0.3, 0.4) is 0 Å². The van der Waals surface area contributed by atoms with Crippen LogP contribution in [0, 0.1) is 11.3 Å². The number of methoxy groups -OCH3 is 1. The minimum atomic E-state index is 0.366. The first-order valence-corrected chi connectivity index (χ1v) is 7.30.